The SMILES string of the molecule is Cc1nc(OCCCc2ccncc2)ncc1F. The number of hydrogen-bond donors (Lipinski definition) is 0. The van der Waals surface area contributed by atoms with Crippen LogP contribution in [0.25, 0.3) is 0 Å². The third kappa shape index (κ3) is 3.48. The minimum atomic E-state index is -0.417. The molecule has 94 valence electrons. The number of aryl methyl sites for hydroxylation is 2. The molecule has 0 aliphatic carbocycles. The second-order valence-corrected chi connectivity index (χ2v) is 3.89. The zero-order valence-electron chi connectivity index (χ0n) is 10.1. The van der Waals surface area contributed by atoms with Crippen LogP contribution in [0.1, 0.15) is 17.7 Å². The lowest BCUT2D eigenvalue weighted by Gasteiger charge is -2.05. The van der Waals surface area contributed by atoms with Crippen molar-refractivity contribution in [3.63, 3.8) is 0 Å². The van der Waals surface area contributed by atoms with E-state index >= 15 is 0 Å². The first kappa shape index (κ1) is 12.4. The van der Waals surface area contributed by atoms with Gasteiger partial charge in [-0.2, -0.15) is 4.98 Å². The van der Waals surface area contributed by atoms with Gasteiger partial charge < -0.3 is 4.74 Å². The van der Waals surface area contributed by atoms with Gasteiger partial charge in [0.25, 0.3) is 0 Å². The van der Waals surface area contributed by atoms with Gasteiger partial charge in [-0.25, -0.2) is 9.37 Å². The molecule has 0 radical (unpaired) electrons. The molecule has 2 aromatic rings. The van der Waals surface area contributed by atoms with E-state index in [0.29, 0.717) is 12.3 Å². The molecule has 0 aliphatic rings. The summed E-state index contributed by atoms with van der Waals surface area (Å²) < 4.78 is 18.3. The smallest absolute Gasteiger partial charge is 0.316 e. The Morgan fingerprint density at radius 2 is 2.06 bits per heavy atom. The Labute approximate surface area is 105 Å². The zero-order valence-corrected chi connectivity index (χ0v) is 10.1. The number of hydrogen-bond acceptors (Lipinski definition) is 4. The fraction of sp³-hybridized carbons (Fsp3) is 0.308. The van der Waals surface area contributed by atoms with Gasteiger partial charge in [-0.1, -0.05) is 0 Å². The van der Waals surface area contributed by atoms with Crippen LogP contribution in [-0.2, 0) is 6.42 Å². The molecule has 2 rings (SSSR count). The number of ether oxygens (including phenoxy) is 1. The van der Waals surface area contributed by atoms with Crippen LogP contribution in [0.15, 0.2) is 30.7 Å². The summed E-state index contributed by atoms with van der Waals surface area (Å²) in [5.74, 6) is -0.417. The van der Waals surface area contributed by atoms with Gasteiger partial charge in [-0.15, -0.1) is 0 Å². The lowest BCUT2D eigenvalue weighted by Crippen LogP contribution is -2.04. The van der Waals surface area contributed by atoms with Crippen molar-refractivity contribution in [3.05, 3.63) is 47.8 Å². The molecule has 0 saturated carbocycles. The molecule has 0 atom stereocenters. The third-order valence-electron chi connectivity index (χ3n) is 2.49. The molecule has 0 saturated heterocycles. The van der Waals surface area contributed by atoms with Crippen LogP contribution < -0.4 is 4.74 Å². The Balaban J connectivity index is 1.77. The number of pyridine rings is 1. The molecule has 0 N–H and O–H groups in total. The van der Waals surface area contributed by atoms with Crippen LogP contribution in [0.3, 0.4) is 0 Å². The van der Waals surface area contributed by atoms with E-state index in [-0.39, 0.29) is 6.01 Å². The Hall–Kier alpha value is -2.04. The monoisotopic (exact) mass is 247 g/mol. The maximum atomic E-state index is 12.9. The van der Waals surface area contributed by atoms with Crippen molar-refractivity contribution in [1.29, 1.82) is 0 Å². The average molecular weight is 247 g/mol. The zero-order chi connectivity index (χ0) is 12.8. The standard InChI is InChI=1S/C13H14FN3O/c1-10-12(14)9-16-13(17-10)18-8-2-3-11-4-6-15-7-5-11/h4-7,9H,2-3,8H2,1H3. The number of halogens is 1. The highest BCUT2D eigenvalue weighted by Gasteiger charge is 2.03. The first-order chi connectivity index (χ1) is 8.75. The third-order valence-corrected chi connectivity index (χ3v) is 2.49. The van der Waals surface area contributed by atoms with Crippen molar-refractivity contribution < 1.29 is 9.13 Å². The van der Waals surface area contributed by atoms with Crippen LogP contribution in [0.4, 0.5) is 4.39 Å². The molecule has 2 aromatic heterocycles. The van der Waals surface area contributed by atoms with Crippen molar-refractivity contribution in [1.82, 2.24) is 15.0 Å². The normalized spacial score (nSPS) is 10.3. The molecular weight excluding hydrogens is 233 g/mol. The predicted molar refractivity (Wildman–Crippen MR) is 64.8 cm³/mol. The summed E-state index contributed by atoms with van der Waals surface area (Å²) in [5, 5.41) is 0. The summed E-state index contributed by atoms with van der Waals surface area (Å²) in [6, 6.07) is 4.17. The molecule has 0 aromatic carbocycles. The molecule has 18 heavy (non-hydrogen) atoms. The quantitative estimate of drug-likeness (QED) is 0.761. The Morgan fingerprint density at radius 3 is 2.78 bits per heavy atom. The van der Waals surface area contributed by atoms with Gasteiger partial charge in [0.15, 0.2) is 5.82 Å². The van der Waals surface area contributed by atoms with Crippen LogP contribution in [-0.4, -0.2) is 21.6 Å². The van der Waals surface area contributed by atoms with Crippen LogP contribution in [0, 0.1) is 12.7 Å². The highest BCUT2D eigenvalue weighted by molar-refractivity contribution is 5.09. The van der Waals surface area contributed by atoms with Crippen molar-refractivity contribution in [2.24, 2.45) is 0 Å². The van der Waals surface area contributed by atoms with Crippen molar-refractivity contribution >= 4 is 0 Å². The van der Waals surface area contributed by atoms with E-state index in [0.717, 1.165) is 19.0 Å². The number of rotatable bonds is 5. The summed E-state index contributed by atoms with van der Waals surface area (Å²) in [4.78, 5) is 11.6. The van der Waals surface area contributed by atoms with Crippen molar-refractivity contribution in [3.8, 4) is 6.01 Å². The van der Waals surface area contributed by atoms with E-state index in [4.69, 9.17) is 4.74 Å². The maximum Gasteiger partial charge on any atom is 0.316 e. The first-order valence-corrected chi connectivity index (χ1v) is 5.76. The average Bonchev–Trinajstić information content (AvgIpc) is 2.40. The summed E-state index contributed by atoms with van der Waals surface area (Å²) in [5.41, 5.74) is 1.51. The van der Waals surface area contributed by atoms with Crippen molar-refractivity contribution in [2.45, 2.75) is 19.8 Å². The number of aromatic nitrogens is 3. The van der Waals surface area contributed by atoms with Gasteiger partial charge in [-0.3, -0.25) is 4.98 Å². The molecule has 2 heterocycles. The van der Waals surface area contributed by atoms with Crippen LogP contribution >= 0.6 is 0 Å². The highest BCUT2D eigenvalue weighted by atomic mass is 19.1. The maximum absolute atomic E-state index is 12.9. The van der Waals surface area contributed by atoms with Gasteiger partial charge in [0.1, 0.15) is 0 Å². The Bertz CT molecular complexity index is 505. The van der Waals surface area contributed by atoms with E-state index in [1.54, 1.807) is 19.3 Å². The second-order valence-electron chi connectivity index (χ2n) is 3.89. The van der Waals surface area contributed by atoms with Gasteiger partial charge in [0.05, 0.1) is 18.5 Å². The second kappa shape index (κ2) is 6.05. The van der Waals surface area contributed by atoms with Crippen LogP contribution in [0.5, 0.6) is 6.01 Å². The fourth-order valence-electron chi connectivity index (χ4n) is 1.49. The van der Waals surface area contributed by atoms with Gasteiger partial charge in [0, 0.05) is 12.4 Å². The Morgan fingerprint density at radius 1 is 1.28 bits per heavy atom. The summed E-state index contributed by atoms with van der Waals surface area (Å²) in [7, 11) is 0. The lowest BCUT2D eigenvalue weighted by atomic mass is 10.1. The summed E-state index contributed by atoms with van der Waals surface area (Å²) >= 11 is 0. The van der Waals surface area contributed by atoms with Gasteiger partial charge in [0.2, 0.25) is 0 Å². The van der Waals surface area contributed by atoms with Gasteiger partial charge in [-0.05, 0) is 37.5 Å². The summed E-state index contributed by atoms with van der Waals surface area (Å²) in [6.45, 7) is 2.09. The molecule has 4 nitrogen and oxygen atoms in total. The largest absolute Gasteiger partial charge is 0.463 e. The predicted octanol–water partition coefficient (Wildman–Crippen LogP) is 2.33. The fourth-order valence-corrected chi connectivity index (χ4v) is 1.49. The molecular formula is C13H14FN3O. The number of nitrogens with zero attached hydrogens (tertiary/aromatic N) is 3. The molecule has 0 fully saturated rings. The molecule has 0 unspecified atom stereocenters. The van der Waals surface area contributed by atoms with E-state index < -0.39 is 5.82 Å². The van der Waals surface area contributed by atoms with E-state index in [9.17, 15) is 4.39 Å². The minimum Gasteiger partial charge on any atom is -0.463 e. The van der Waals surface area contributed by atoms with Crippen LogP contribution in [0.2, 0.25) is 0 Å². The van der Waals surface area contributed by atoms with E-state index in [2.05, 4.69) is 15.0 Å². The van der Waals surface area contributed by atoms with E-state index in [1.165, 1.54) is 5.56 Å². The molecule has 0 aliphatic heterocycles. The summed E-state index contributed by atoms with van der Waals surface area (Å²) in [6.07, 6.45) is 6.41. The van der Waals surface area contributed by atoms with Crippen molar-refractivity contribution in [2.75, 3.05) is 6.61 Å². The Kier molecular flexibility index (Phi) is 4.17. The molecule has 0 spiro atoms. The highest BCUT2D eigenvalue weighted by Crippen LogP contribution is 2.07. The van der Waals surface area contributed by atoms with E-state index in [1.807, 2.05) is 12.1 Å². The molecule has 0 bridgehead atoms. The molecule has 5 heteroatoms. The van der Waals surface area contributed by atoms with Gasteiger partial charge >= 0.3 is 6.01 Å². The first-order valence-electron chi connectivity index (χ1n) is 5.76. The minimum absolute atomic E-state index is 0.226. The molecule has 0 amide bonds. The topological polar surface area (TPSA) is 47.9 Å². The lowest BCUT2D eigenvalue weighted by molar-refractivity contribution is 0.284.